The molecule has 132 valence electrons. The molecule has 1 amide bonds. The maximum atomic E-state index is 12.9. The molecular formula is C20H22FNO3. The van der Waals surface area contributed by atoms with Crippen LogP contribution in [0.2, 0.25) is 0 Å². The first-order valence-corrected chi connectivity index (χ1v) is 8.32. The third kappa shape index (κ3) is 5.71. The van der Waals surface area contributed by atoms with Gasteiger partial charge in [-0.05, 0) is 61.9 Å². The van der Waals surface area contributed by atoms with Crippen LogP contribution in [0.15, 0.2) is 48.5 Å². The summed E-state index contributed by atoms with van der Waals surface area (Å²) in [7, 11) is 0. The molecule has 0 aliphatic heterocycles. The monoisotopic (exact) mass is 343 g/mol. The van der Waals surface area contributed by atoms with Crippen molar-refractivity contribution in [3.05, 3.63) is 65.5 Å². The molecule has 4 nitrogen and oxygen atoms in total. The van der Waals surface area contributed by atoms with Crippen LogP contribution in [0.5, 0.6) is 5.75 Å². The Kier molecular flexibility index (Phi) is 6.69. The molecule has 0 saturated heterocycles. The molecule has 0 aliphatic rings. The van der Waals surface area contributed by atoms with Gasteiger partial charge in [0.15, 0.2) is 12.4 Å². The molecule has 0 spiro atoms. The second-order valence-corrected chi connectivity index (χ2v) is 5.91. The molecule has 2 rings (SSSR count). The highest BCUT2D eigenvalue weighted by molar-refractivity contribution is 6.09. The third-order valence-electron chi connectivity index (χ3n) is 3.72. The Labute approximate surface area is 147 Å². The Balaban J connectivity index is 1.90. The summed E-state index contributed by atoms with van der Waals surface area (Å²) in [6.07, 6.45) is 1.93. The van der Waals surface area contributed by atoms with Crippen molar-refractivity contribution in [1.29, 1.82) is 0 Å². The van der Waals surface area contributed by atoms with E-state index in [0.29, 0.717) is 16.9 Å². The molecule has 0 aromatic heterocycles. The topological polar surface area (TPSA) is 55.4 Å². The summed E-state index contributed by atoms with van der Waals surface area (Å²) in [5, 5.41) is 2.86. The molecule has 0 unspecified atom stereocenters. The van der Waals surface area contributed by atoms with Crippen LogP contribution in [-0.2, 0) is 4.79 Å². The Bertz CT molecular complexity index is 711. The van der Waals surface area contributed by atoms with Crippen LogP contribution in [0, 0.1) is 5.82 Å². The molecular weight excluding hydrogens is 321 g/mol. The van der Waals surface area contributed by atoms with E-state index in [1.807, 2.05) is 6.92 Å². The molecule has 0 aliphatic carbocycles. The van der Waals surface area contributed by atoms with Gasteiger partial charge in [0.1, 0.15) is 11.6 Å². The van der Waals surface area contributed by atoms with Crippen molar-refractivity contribution in [2.45, 2.75) is 32.7 Å². The van der Waals surface area contributed by atoms with Gasteiger partial charge in [-0.15, -0.1) is 0 Å². The summed E-state index contributed by atoms with van der Waals surface area (Å²) in [4.78, 5) is 24.1. The van der Waals surface area contributed by atoms with Crippen molar-refractivity contribution < 1.29 is 18.7 Å². The minimum atomic E-state index is -0.383. The SMILES string of the molecule is CCC[C@H](C)NC(=O)COc1ccc(C(=O)c2ccc(F)cc2)cc1. The maximum absolute atomic E-state index is 12.9. The van der Waals surface area contributed by atoms with E-state index in [-0.39, 0.29) is 30.2 Å². The number of hydrogen-bond donors (Lipinski definition) is 1. The molecule has 0 bridgehead atoms. The van der Waals surface area contributed by atoms with E-state index in [9.17, 15) is 14.0 Å². The summed E-state index contributed by atoms with van der Waals surface area (Å²) in [5.74, 6) is -0.245. The second-order valence-electron chi connectivity index (χ2n) is 5.91. The number of halogens is 1. The van der Waals surface area contributed by atoms with Gasteiger partial charge < -0.3 is 10.1 Å². The molecule has 1 N–H and O–H groups in total. The summed E-state index contributed by atoms with van der Waals surface area (Å²) < 4.78 is 18.3. The van der Waals surface area contributed by atoms with Gasteiger partial charge in [0.05, 0.1) is 0 Å². The lowest BCUT2D eigenvalue weighted by molar-refractivity contribution is -0.123. The number of ether oxygens (including phenoxy) is 1. The first kappa shape index (κ1) is 18.6. The van der Waals surface area contributed by atoms with Gasteiger partial charge in [-0.3, -0.25) is 9.59 Å². The van der Waals surface area contributed by atoms with E-state index >= 15 is 0 Å². The Morgan fingerprint density at radius 3 is 2.16 bits per heavy atom. The largest absolute Gasteiger partial charge is 0.484 e. The number of carbonyl (C=O) groups excluding carboxylic acids is 2. The summed E-state index contributed by atoms with van der Waals surface area (Å²) >= 11 is 0. The molecule has 2 aromatic carbocycles. The van der Waals surface area contributed by atoms with Gasteiger partial charge in [0.25, 0.3) is 5.91 Å². The van der Waals surface area contributed by atoms with Crippen LogP contribution < -0.4 is 10.1 Å². The van der Waals surface area contributed by atoms with Crippen molar-refractivity contribution in [3.8, 4) is 5.75 Å². The average Bonchev–Trinajstić information content (AvgIpc) is 2.60. The first-order chi connectivity index (χ1) is 12.0. The van der Waals surface area contributed by atoms with E-state index in [2.05, 4.69) is 12.2 Å². The van der Waals surface area contributed by atoms with Crippen LogP contribution in [0.25, 0.3) is 0 Å². The number of ketones is 1. The molecule has 0 saturated carbocycles. The minimum Gasteiger partial charge on any atom is -0.484 e. The molecule has 2 aromatic rings. The molecule has 0 heterocycles. The Morgan fingerprint density at radius 2 is 1.60 bits per heavy atom. The van der Waals surface area contributed by atoms with E-state index < -0.39 is 0 Å². The lowest BCUT2D eigenvalue weighted by atomic mass is 10.0. The van der Waals surface area contributed by atoms with Crippen molar-refractivity contribution >= 4 is 11.7 Å². The predicted molar refractivity (Wildman–Crippen MR) is 94.3 cm³/mol. The van der Waals surface area contributed by atoms with Crippen molar-refractivity contribution in [2.75, 3.05) is 6.61 Å². The molecule has 25 heavy (non-hydrogen) atoms. The van der Waals surface area contributed by atoms with Gasteiger partial charge in [-0.2, -0.15) is 0 Å². The van der Waals surface area contributed by atoms with Crippen molar-refractivity contribution in [2.24, 2.45) is 0 Å². The van der Waals surface area contributed by atoms with Gasteiger partial charge in [-0.25, -0.2) is 4.39 Å². The van der Waals surface area contributed by atoms with Crippen LogP contribution in [0.1, 0.15) is 42.6 Å². The van der Waals surface area contributed by atoms with Crippen molar-refractivity contribution in [1.82, 2.24) is 5.32 Å². The Morgan fingerprint density at radius 1 is 1.04 bits per heavy atom. The third-order valence-corrected chi connectivity index (χ3v) is 3.72. The van der Waals surface area contributed by atoms with Crippen LogP contribution in [0.3, 0.4) is 0 Å². The molecule has 0 fully saturated rings. The van der Waals surface area contributed by atoms with E-state index in [4.69, 9.17) is 4.74 Å². The molecule has 0 radical (unpaired) electrons. The minimum absolute atomic E-state index is 0.0701. The zero-order valence-corrected chi connectivity index (χ0v) is 14.4. The number of hydrogen-bond acceptors (Lipinski definition) is 3. The lowest BCUT2D eigenvalue weighted by Crippen LogP contribution is -2.35. The zero-order valence-electron chi connectivity index (χ0n) is 14.4. The fourth-order valence-electron chi connectivity index (χ4n) is 2.44. The summed E-state index contributed by atoms with van der Waals surface area (Å²) in [5.41, 5.74) is 0.888. The van der Waals surface area contributed by atoms with Crippen LogP contribution in [-0.4, -0.2) is 24.3 Å². The molecule has 5 heteroatoms. The zero-order chi connectivity index (χ0) is 18.2. The van der Waals surface area contributed by atoms with E-state index in [1.54, 1.807) is 24.3 Å². The van der Waals surface area contributed by atoms with E-state index in [1.165, 1.54) is 24.3 Å². The number of benzene rings is 2. The number of nitrogens with one attached hydrogen (secondary N) is 1. The first-order valence-electron chi connectivity index (χ1n) is 8.32. The number of carbonyl (C=O) groups is 2. The standard InChI is InChI=1S/C20H22FNO3/c1-3-4-14(2)22-19(23)13-25-18-11-7-16(8-12-18)20(24)15-5-9-17(21)10-6-15/h5-12,14H,3-4,13H2,1-2H3,(H,22,23)/t14-/m0/s1. The average molecular weight is 343 g/mol. The highest BCUT2D eigenvalue weighted by Crippen LogP contribution is 2.16. The van der Waals surface area contributed by atoms with Gasteiger partial charge in [-0.1, -0.05) is 13.3 Å². The van der Waals surface area contributed by atoms with Crippen molar-refractivity contribution in [3.63, 3.8) is 0 Å². The highest BCUT2D eigenvalue weighted by Gasteiger charge is 2.10. The number of rotatable bonds is 8. The predicted octanol–water partition coefficient (Wildman–Crippen LogP) is 3.74. The smallest absolute Gasteiger partial charge is 0.258 e. The lowest BCUT2D eigenvalue weighted by Gasteiger charge is -2.13. The quantitative estimate of drug-likeness (QED) is 0.743. The normalized spacial score (nSPS) is 11.6. The maximum Gasteiger partial charge on any atom is 0.258 e. The highest BCUT2D eigenvalue weighted by atomic mass is 19.1. The van der Waals surface area contributed by atoms with Gasteiger partial charge in [0, 0.05) is 17.2 Å². The fourth-order valence-corrected chi connectivity index (χ4v) is 2.44. The second kappa shape index (κ2) is 8.97. The summed E-state index contributed by atoms with van der Waals surface area (Å²) in [6.45, 7) is 3.95. The van der Waals surface area contributed by atoms with E-state index in [0.717, 1.165) is 12.8 Å². The Hall–Kier alpha value is -2.69. The van der Waals surface area contributed by atoms with Crippen LogP contribution >= 0.6 is 0 Å². The summed E-state index contributed by atoms with van der Waals surface area (Å²) in [6, 6.07) is 12.0. The fraction of sp³-hybridized carbons (Fsp3) is 0.300. The molecule has 1 atom stereocenters. The van der Waals surface area contributed by atoms with Gasteiger partial charge >= 0.3 is 0 Å². The van der Waals surface area contributed by atoms with Crippen LogP contribution in [0.4, 0.5) is 4.39 Å². The van der Waals surface area contributed by atoms with Gasteiger partial charge in [0.2, 0.25) is 0 Å². The number of amides is 1.